The average Bonchev–Trinajstić information content (AvgIpc) is 3.24. The van der Waals surface area contributed by atoms with Crippen molar-refractivity contribution < 1.29 is 19.1 Å². The molecule has 0 unspecified atom stereocenters. The van der Waals surface area contributed by atoms with Gasteiger partial charge in [0.15, 0.2) is 11.5 Å². The highest BCUT2D eigenvalue weighted by Crippen LogP contribution is 2.40. The van der Waals surface area contributed by atoms with Crippen LogP contribution in [0.1, 0.15) is 29.9 Å². The molecule has 0 saturated carbocycles. The number of ether oxygens (including phenoxy) is 2. The second-order valence-corrected chi connectivity index (χ2v) is 7.60. The Morgan fingerprint density at radius 3 is 2.69 bits per heavy atom. The van der Waals surface area contributed by atoms with Gasteiger partial charge in [0, 0.05) is 55.0 Å². The van der Waals surface area contributed by atoms with E-state index >= 15 is 0 Å². The molecule has 4 rings (SSSR count). The van der Waals surface area contributed by atoms with Crippen molar-refractivity contribution in [3.63, 3.8) is 0 Å². The summed E-state index contributed by atoms with van der Waals surface area (Å²) in [6.45, 7) is 0.320. The lowest BCUT2D eigenvalue weighted by Crippen LogP contribution is -2.39. The zero-order valence-corrected chi connectivity index (χ0v) is 18.3. The van der Waals surface area contributed by atoms with Crippen molar-refractivity contribution in [2.75, 3.05) is 27.8 Å². The molecule has 2 amide bonds. The fourth-order valence-corrected chi connectivity index (χ4v) is 4.09. The highest BCUT2D eigenvalue weighted by Gasteiger charge is 2.26. The zero-order chi connectivity index (χ0) is 22.7. The number of carbonyl (C=O) groups excluding carboxylic acids is 2. The first-order valence-corrected chi connectivity index (χ1v) is 10.4. The van der Waals surface area contributed by atoms with Gasteiger partial charge < -0.3 is 19.8 Å². The number of hydrogen-bond acceptors (Lipinski definition) is 5. The van der Waals surface area contributed by atoms with Gasteiger partial charge in [0.2, 0.25) is 5.91 Å². The summed E-state index contributed by atoms with van der Waals surface area (Å²) in [7, 11) is 4.77. The predicted octanol–water partition coefficient (Wildman–Crippen LogP) is 3.04. The number of nitrogens with zero attached hydrogens (tertiary/aromatic N) is 2. The summed E-state index contributed by atoms with van der Waals surface area (Å²) in [5.41, 5.74) is 3.29. The number of aromatic amines is 1. The maximum absolute atomic E-state index is 12.9. The van der Waals surface area contributed by atoms with E-state index < -0.39 is 0 Å². The summed E-state index contributed by atoms with van der Waals surface area (Å²) in [5, 5.41) is 9.42. The van der Waals surface area contributed by atoms with Gasteiger partial charge in [-0.15, -0.1) is 0 Å². The average molecular weight is 434 g/mol. The third kappa shape index (κ3) is 4.03. The van der Waals surface area contributed by atoms with Gasteiger partial charge in [0.05, 0.1) is 14.2 Å². The first kappa shape index (κ1) is 21.4. The Labute approximate surface area is 186 Å². The lowest BCUT2D eigenvalue weighted by molar-refractivity contribution is -0.130. The van der Waals surface area contributed by atoms with Gasteiger partial charge in [-0.2, -0.15) is 5.10 Å². The molecule has 2 heterocycles. The molecule has 0 aliphatic carbocycles. The topological polar surface area (TPSA) is 96.0 Å². The number of rotatable bonds is 7. The van der Waals surface area contributed by atoms with Crippen LogP contribution in [0.2, 0.25) is 0 Å². The first-order valence-electron chi connectivity index (χ1n) is 10.4. The SMILES string of the molecule is COc1cccc([C@H](CNC(=O)C2=NN(C)C(=O)CC2)c2c[nH]c3ccccc23)c1OC. The van der Waals surface area contributed by atoms with Crippen LogP contribution >= 0.6 is 0 Å². The number of methoxy groups -OCH3 is 2. The molecule has 2 N–H and O–H groups in total. The molecule has 0 saturated heterocycles. The third-order valence-corrected chi connectivity index (χ3v) is 5.74. The zero-order valence-electron chi connectivity index (χ0n) is 18.3. The third-order valence-electron chi connectivity index (χ3n) is 5.74. The van der Waals surface area contributed by atoms with E-state index in [0.717, 1.165) is 22.0 Å². The summed E-state index contributed by atoms with van der Waals surface area (Å²) >= 11 is 0. The Hall–Kier alpha value is -3.81. The van der Waals surface area contributed by atoms with Crippen LogP contribution in [-0.2, 0) is 9.59 Å². The van der Waals surface area contributed by atoms with Crippen LogP contribution in [0, 0.1) is 0 Å². The molecule has 0 bridgehead atoms. The summed E-state index contributed by atoms with van der Waals surface area (Å²) in [4.78, 5) is 27.8. The molecule has 1 aliphatic heterocycles. The number of para-hydroxylation sites is 2. The van der Waals surface area contributed by atoms with Crippen molar-refractivity contribution in [1.82, 2.24) is 15.3 Å². The molecule has 2 aromatic carbocycles. The van der Waals surface area contributed by atoms with Gasteiger partial charge in [0.25, 0.3) is 5.91 Å². The lowest BCUT2D eigenvalue weighted by atomic mass is 9.89. The summed E-state index contributed by atoms with van der Waals surface area (Å²) in [6.07, 6.45) is 2.57. The van der Waals surface area contributed by atoms with Crippen LogP contribution in [0.25, 0.3) is 10.9 Å². The van der Waals surface area contributed by atoms with Crippen molar-refractivity contribution in [2.24, 2.45) is 5.10 Å². The van der Waals surface area contributed by atoms with E-state index in [9.17, 15) is 9.59 Å². The minimum atomic E-state index is -0.281. The van der Waals surface area contributed by atoms with Gasteiger partial charge >= 0.3 is 0 Å². The van der Waals surface area contributed by atoms with Gasteiger partial charge in [-0.1, -0.05) is 30.3 Å². The number of carbonyl (C=O) groups is 2. The van der Waals surface area contributed by atoms with Crippen molar-refractivity contribution in [3.05, 3.63) is 59.8 Å². The van der Waals surface area contributed by atoms with Crippen LogP contribution in [0.4, 0.5) is 0 Å². The molecule has 32 heavy (non-hydrogen) atoms. The second-order valence-electron chi connectivity index (χ2n) is 7.60. The maximum Gasteiger partial charge on any atom is 0.267 e. The molecule has 1 aromatic heterocycles. The van der Waals surface area contributed by atoms with Gasteiger partial charge in [-0.25, -0.2) is 5.01 Å². The number of nitrogens with one attached hydrogen (secondary N) is 2. The number of aromatic nitrogens is 1. The predicted molar refractivity (Wildman–Crippen MR) is 122 cm³/mol. The fourth-order valence-electron chi connectivity index (χ4n) is 4.09. The van der Waals surface area contributed by atoms with E-state index in [2.05, 4.69) is 21.5 Å². The number of fused-ring (bicyclic) bond motifs is 1. The van der Waals surface area contributed by atoms with Crippen molar-refractivity contribution in [1.29, 1.82) is 0 Å². The van der Waals surface area contributed by atoms with Gasteiger partial charge in [0.1, 0.15) is 5.71 Å². The van der Waals surface area contributed by atoms with Crippen LogP contribution in [0.5, 0.6) is 11.5 Å². The molecule has 8 nitrogen and oxygen atoms in total. The number of hydrogen-bond donors (Lipinski definition) is 2. The van der Waals surface area contributed by atoms with Crippen molar-refractivity contribution in [3.8, 4) is 11.5 Å². The Balaban J connectivity index is 1.70. The summed E-state index contributed by atoms with van der Waals surface area (Å²) < 4.78 is 11.2. The largest absolute Gasteiger partial charge is 0.493 e. The molecule has 1 atom stereocenters. The summed E-state index contributed by atoms with van der Waals surface area (Å²) in [6, 6.07) is 13.8. The fraction of sp³-hybridized carbons (Fsp3) is 0.292. The molecule has 8 heteroatoms. The highest BCUT2D eigenvalue weighted by molar-refractivity contribution is 6.39. The lowest BCUT2D eigenvalue weighted by Gasteiger charge is -2.23. The molecular weight excluding hydrogens is 408 g/mol. The molecule has 0 fully saturated rings. The van der Waals surface area contributed by atoms with E-state index in [1.807, 2.05) is 42.6 Å². The van der Waals surface area contributed by atoms with E-state index in [4.69, 9.17) is 9.47 Å². The number of H-pyrrole nitrogens is 1. The van der Waals surface area contributed by atoms with Crippen LogP contribution in [-0.4, -0.2) is 55.3 Å². The highest BCUT2D eigenvalue weighted by atomic mass is 16.5. The van der Waals surface area contributed by atoms with Crippen molar-refractivity contribution in [2.45, 2.75) is 18.8 Å². The Bertz CT molecular complexity index is 1180. The molecular formula is C24H26N4O4. The summed E-state index contributed by atoms with van der Waals surface area (Å²) in [5.74, 6) is 0.664. The monoisotopic (exact) mass is 434 g/mol. The molecule has 3 aromatic rings. The van der Waals surface area contributed by atoms with Crippen molar-refractivity contribution >= 4 is 28.4 Å². The van der Waals surface area contributed by atoms with Crippen LogP contribution < -0.4 is 14.8 Å². The van der Waals surface area contributed by atoms with Crippen LogP contribution in [0.15, 0.2) is 53.8 Å². The Morgan fingerprint density at radius 1 is 1.12 bits per heavy atom. The maximum atomic E-state index is 12.9. The minimum Gasteiger partial charge on any atom is -0.493 e. The molecule has 0 radical (unpaired) electrons. The number of benzene rings is 2. The normalized spacial score (nSPS) is 14.8. The Morgan fingerprint density at radius 2 is 1.94 bits per heavy atom. The standard InChI is InChI=1S/C24H26N4O4/c1-28-22(29)12-11-20(27-28)24(30)26-14-18(16-8-6-10-21(31-2)23(16)32-3)17-13-25-19-9-5-4-7-15(17)19/h4-10,13,18,25H,11-12,14H2,1-3H3,(H,26,30)/t18-/m0/s1. The van der Waals surface area contributed by atoms with Gasteiger partial charge in [-0.05, 0) is 17.7 Å². The first-order chi connectivity index (χ1) is 15.5. The minimum absolute atomic E-state index is 0.0978. The van der Waals surface area contributed by atoms with E-state index in [-0.39, 0.29) is 24.2 Å². The van der Waals surface area contributed by atoms with Crippen LogP contribution in [0.3, 0.4) is 0 Å². The van der Waals surface area contributed by atoms with Gasteiger partial charge in [-0.3, -0.25) is 9.59 Å². The number of amides is 2. The molecule has 0 spiro atoms. The number of hydrazone groups is 1. The molecule has 166 valence electrons. The smallest absolute Gasteiger partial charge is 0.267 e. The van der Waals surface area contributed by atoms with E-state index in [0.29, 0.717) is 30.2 Å². The second kappa shape index (κ2) is 9.13. The molecule has 1 aliphatic rings. The van der Waals surface area contributed by atoms with E-state index in [1.54, 1.807) is 21.3 Å². The quantitative estimate of drug-likeness (QED) is 0.597. The Kier molecular flexibility index (Phi) is 6.11. The van der Waals surface area contributed by atoms with E-state index in [1.165, 1.54) is 5.01 Å².